The lowest BCUT2D eigenvalue weighted by molar-refractivity contribution is 0.248. The Balaban J connectivity index is 2.17. The van der Waals surface area contributed by atoms with Gasteiger partial charge in [-0.2, -0.15) is 9.78 Å². The molecule has 0 saturated carbocycles. The van der Waals surface area contributed by atoms with Gasteiger partial charge in [-0.05, 0) is 19.3 Å². The van der Waals surface area contributed by atoms with Crippen LogP contribution in [0, 0.1) is 0 Å². The summed E-state index contributed by atoms with van der Waals surface area (Å²) in [5.41, 5.74) is 8.35. The number of nitrogens with zero attached hydrogens (tertiary/aromatic N) is 2. The molecular weight excluding hydrogens is 240 g/mol. The van der Waals surface area contributed by atoms with Crippen molar-refractivity contribution in [2.75, 3.05) is 11.9 Å². The fourth-order valence-corrected chi connectivity index (χ4v) is 2.49. The summed E-state index contributed by atoms with van der Waals surface area (Å²) in [7, 11) is 0. The van der Waals surface area contributed by atoms with Crippen LogP contribution in [-0.2, 0) is 6.42 Å². The van der Waals surface area contributed by atoms with Gasteiger partial charge in [-0.3, -0.25) is 0 Å². The predicted octanol–water partition coefficient (Wildman–Crippen LogP) is 2.23. The number of primary amides is 1. The first-order chi connectivity index (χ1) is 9.27. The van der Waals surface area contributed by atoms with E-state index in [0.29, 0.717) is 0 Å². The maximum absolute atomic E-state index is 11.5. The molecule has 0 radical (unpaired) electrons. The molecule has 1 amide bonds. The van der Waals surface area contributed by atoms with E-state index in [0.717, 1.165) is 48.4 Å². The molecule has 1 aromatic carbocycles. The normalized spacial score (nSPS) is 14.3. The van der Waals surface area contributed by atoms with Crippen LogP contribution in [0.1, 0.15) is 18.4 Å². The van der Waals surface area contributed by atoms with Crippen molar-refractivity contribution >= 4 is 11.8 Å². The van der Waals surface area contributed by atoms with E-state index in [1.165, 1.54) is 4.68 Å². The smallest absolute Gasteiger partial charge is 0.341 e. The van der Waals surface area contributed by atoms with E-state index >= 15 is 0 Å². The van der Waals surface area contributed by atoms with E-state index in [9.17, 15) is 4.79 Å². The van der Waals surface area contributed by atoms with Crippen LogP contribution < -0.4 is 11.1 Å². The van der Waals surface area contributed by atoms with Crippen molar-refractivity contribution in [3.63, 3.8) is 0 Å². The van der Waals surface area contributed by atoms with Crippen molar-refractivity contribution < 1.29 is 4.79 Å². The lowest BCUT2D eigenvalue weighted by Gasteiger charge is -2.04. The highest BCUT2D eigenvalue weighted by Crippen LogP contribution is 2.31. The number of fused-ring (bicyclic) bond motifs is 1. The topological polar surface area (TPSA) is 72.9 Å². The van der Waals surface area contributed by atoms with Gasteiger partial charge in [0.1, 0.15) is 5.82 Å². The number of aromatic nitrogens is 2. The van der Waals surface area contributed by atoms with E-state index in [1.807, 2.05) is 30.3 Å². The second kappa shape index (κ2) is 4.76. The summed E-state index contributed by atoms with van der Waals surface area (Å²) in [6, 6.07) is 9.35. The maximum Gasteiger partial charge on any atom is 0.341 e. The summed E-state index contributed by atoms with van der Waals surface area (Å²) < 4.78 is 1.28. The molecule has 2 heterocycles. The molecule has 98 valence electrons. The van der Waals surface area contributed by atoms with Crippen molar-refractivity contribution in [1.82, 2.24) is 9.78 Å². The second-order valence-corrected chi connectivity index (χ2v) is 4.68. The Morgan fingerprint density at radius 1 is 1.26 bits per heavy atom. The fraction of sp³-hybridized carbons (Fsp3) is 0.286. The number of carbonyl (C=O) groups is 1. The van der Waals surface area contributed by atoms with Crippen LogP contribution in [-0.4, -0.2) is 22.4 Å². The summed E-state index contributed by atoms with van der Waals surface area (Å²) in [6.45, 7) is 0.847. The number of rotatable bonds is 1. The molecule has 0 bridgehead atoms. The predicted molar refractivity (Wildman–Crippen MR) is 74.1 cm³/mol. The number of anilines is 1. The van der Waals surface area contributed by atoms with E-state index in [2.05, 4.69) is 10.4 Å². The third-order valence-corrected chi connectivity index (χ3v) is 3.39. The Bertz CT molecular complexity index is 603. The molecule has 3 N–H and O–H groups in total. The standard InChI is InChI=1S/C14H16N4O/c15-14(19)18-13-11(8-4-5-9-16-13)12(17-18)10-6-2-1-3-7-10/h1-3,6-7,16H,4-5,8-9H2,(H2,15,19). The summed E-state index contributed by atoms with van der Waals surface area (Å²) in [6.07, 6.45) is 3.09. The number of benzene rings is 1. The summed E-state index contributed by atoms with van der Waals surface area (Å²) in [5.74, 6) is 0.754. The molecular formula is C14H16N4O. The van der Waals surface area contributed by atoms with Crippen molar-refractivity contribution in [2.45, 2.75) is 19.3 Å². The zero-order valence-corrected chi connectivity index (χ0v) is 10.6. The van der Waals surface area contributed by atoms with E-state index in [1.54, 1.807) is 0 Å². The van der Waals surface area contributed by atoms with E-state index in [4.69, 9.17) is 5.73 Å². The molecule has 5 nitrogen and oxygen atoms in total. The van der Waals surface area contributed by atoms with E-state index < -0.39 is 6.03 Å². The monoisotopic (exact) mass is 256 g/mol. The molecule has 0 unspecified atom stereocenters. The Morgan fingerprint density at radius 2 is 2.05 bits per heavy atom. The fourth-order valence-electron chi connectivity index (χ4n) is 2.49. The Hall–Kier alpha value is -2.30. The van der Waals surface area contributed by atoms with E-state index in [-0.39, 0.29) is 0 Å². The highest BCUT2D eigenvalue weighted by molar-refractivity contribution is 5.82. The number of carbonyl (C=O) groups excluding carboxylic acids is 1. The average molecular weight is 256 g/mol. The van der Waals surface area contributed by atoms with Gasteiger partial charge in [-0.1, -0.05) is 30.3 Å². The minimum absolute atomic E-state index is 0.548. The first kappa shape index (κ1) is 11.8. The first-order valence-corrected chi connectivity index (χ1v) is 6.48. The van der Waals surface area contributed by atoms with Gasteiger partial charge >= 0.3 is 6.03 Å². The second-order valence-electron chi connectivity index (χ2n) is 4.68. The van der Waals surface area contributed by atoms with Gasteiger partial charge < -0.3 is 11.1 Å². The van der Waals surface area contributed by atoms with Crippen LogP contribution in [0.3, 0.4) is 0 Å². The van der Waals surface area contributed by atoms with Gasteiger partial charge in [0, 0.05) is 17.7 Å². The highest BCUT2D eigenvalue weighted by atomic mass is 16.2. The van der Waals surface area contributed by atoms with Crippen LogP contribution in [0.15, 0.2) is 30.3 Å². The Labute approximate surface area is 111 Å². The first-order valence-electron chi connectivity index (χ1n) is 6.48. The lowest BCUT2D eigenvalue weighted by Crippen LogP contribution is -2.23. The van der Waals surface area contributed by atoms with Gasteiger partial charge in [0.05, 0.1) is 5.69 Å². The molecule has 3 rings (SSSR count). The van der Waals surface area contributed by atoms with Gasteiger partial charge in [-0.15, -0.1) is 0 Å². The highest BCUT2D eigenvalue weighted by Gasteiger charge is 2.22. The molecule has 1 aromatic heterocycles. The van der Waals surface area contributed by atoms with Gasteiger partial charge in [0.15, 0.2) is 0 Å². The zero-order chi connectivity index (χ0) is 13.2. The molecule has 0 spiro atoms. The molecule has 0 aliphatic carbocycles. The third-order valence-electron chi connectivity index (χ3n) is 3.39. The van der Waals surface area contributed by atoms with Crippen molar-refractivity contribution in [1.29, 1.82) is 0 Å². The quantitative estimate of drug-likeness (QED) is 0.821. The lowest BCUT2D eigenvalue weighted by atomic mass is 10.0. The largest absolute Gasteiger partial charge is 0.370 e. The molecule has 2 aromatic rings. The zero-order valence-electron chi connectivity index (χ0n) is 10.6. The SMILES string of the molecule is NC(=O)n1nc(-c2ccccc2)c2c1NCCCC2. The van der Waals surface area contributed by atoms with Crippen LogP contribution >= 0.6 is 0 Å². The summed E-state index contributed by atoms with van der Waals surface area (Å²) in [4.78, 5) is 11.5. The minimum Gasteiger partial charge on any atom is -0.370 e. The molecule has 1 aliphatic heterocycles. The molecule has 19 heavy (non-hydrogen) atoms. The van der Waals surface area contributed by atoms with Crippen molar-refractivity contribution in [3.8, 4) is 11.3 Å². The molecule has 0 atom stereocenters. The molecule has 0 fully saturated rings. The number of hydrogen-bond donors (Lipinski definition) is 2. The summed E-state index contributed by atoms with van der Waals surface area (Å²) in [5, 5.41) is 7.65. The third kappa shape index (κ3) is 2.07. The van der Waals surface area contributed by atoms with Crippen LogP contribution in [0.2, 0.25) is 0 Å². The van der Waals surface area contributed by atoms with Crippen LogP contribution in [0.5, 0.6) is 0 Å². The van der Waals surface area contributed by atoms with Gasteiger partial charge in [0.25, 0.3) is 0 Å². The van der Waals surface area contributed by atoms with Gasteiger partial charge in [-0.25, -0.2) is 4.79 Å². The van der Waals surface area contributed by atoms with Crippen molar-refractivity contribution in [2.24, 2.45) is 5.73 Å². The van der Waals surface area contributed by atoms with Crippen molar-refractivity contribution in [3.05, 3.63) is 35.9 Å². The molecule has 1 aliphatic rings. The van der Waals surface area contributed by atoms with Crippen LogP contribution in [0.25, 0.3) is 11.3 Å². The maximum atomic E-state index is 11.5. The average Bonchev–Trinajstić information content (AvgIpc) is 2.62. The number of nitrogens with two attached hydrogens (primary N) is 1. The number of nitrogens with one attached hydrogen (secondary N) is 1. The summed E-state index contributed by atoms with van der Waals surface area (Å²) >= 11 is 0. The Kier molecular flexibility index (Phi) is 2.95. The van der Waals surface area contributed by atoms with Crippen LogP contribution in [0.4, 0.5) is 10.6 Å². The number of amides is 1. The molecule has 0 saturated heterocycles. The minimum atomic E-state index is -0.548. The van der Waals surface area contributed by atoms with Gasteiger partial charge in [0.2, 0.25) is 0 Å². The molecule has 5 heteroatoms. The number of hydrogen-bond acceptors (Lipinski definition) is 3. The Morgan fingerprint density at radius 3 is 2.79 bits per heavy atom.